The van der Waals surface area contributed by atoms with Gasteiger partial charge in [0.15, 0.2) is 0 Å². The maximum Gasteiger partial charge on any atom is 0.368 e. The molecule has 0 saturated carbocycles. The van der Waals surface area contributed by atoms with Gasteiger partial charge in [0.25, 0.3) is 0 Å². The summed E-state index contributed by atoms with van der Waals surface area (Å²) in [6.07, 6.45) is 0. The molecule has 0 aliphatic carbocycles. The Hall–Kier alpha value is -3.94. The normalized spacial score (nSPS) is 10.8. The lowest BCUT2D eigenvalue weighted by Crippen LogP contribution is -2.23. The van der Waals surface area contributed by atoms with E-state index in [4.69, 9.17) is 9.47 Å². The third-order valence-electron chi connectivity index (χ3n) is 5.01. The fourth-order valence-corrected chi connectivity index (χ4v) is 3.38. The Labute approximate surface area is 178 Å². The number of nitrogens with zero attached hydrogens (tertiary/aromatic N) is 4. The van der Waals surface area contributed by atoms with Crippen molar-refractivity contribution in [2.45, 2.75) is 13.5 Å². The van der Waals surface area contributed by atoms with Crippen LogP contribution >= 0.6 is 0 Å². The third-order valence-corrected chi connectivity index (χ3v) is 5.01. The Kier molecular flexibility index (Phi) is 5.53. The molecule has 8 heteroatoms. The quantitative estimate of drug-likeness (QED) is 0.476. The van der Waals surface area contributed by atoms with Gasteiger partial charge < -0.3 is 9.47 Å². The van der Waals surface area contributed by atoms with Gasteiger partial charge in [-0.2, -0.15) is 9.36 Å². The molecule has 0 amide bonds. The van der Waals surface area contributed by atoms with Crippen LogP contribution in [0.5, 0.6) is 11.5 Å². The molecule has 31 heavy (non-hydrogen) atoms. The van der Waals surface area contributed by atoms with Gasteiger partial charge in [-0.3, -0.25) is 0 Å². The number of benzene rings is 3. The lowest BCUT2D eigenvalue weighted by Gasteiger charge is -2.15. The molecule has 1 heterocycles. The predicted octanol–water partition coefficient (Wildman–Crippen LogP) is 3.67. The minimum Gasteiger partial charge on any atom is -0.496 e. The lowest BCUT2D eigenvalue weighted by molar-refractivity contribution is 0.294. The van der Waals surface area contributed by atoms with Crippen LogP contribution in [0.2, 0.25) is 0 Å². The van der Waals surface area contributed by atoms with Crippen molar-refractivity contribution in [1.29, 1.82) is 0 Å². The standard InChI is InChI=1S/C23H21FN4O3/c1-15-13-16(17-7-4-5-8-19(17)24)11-12-21(15)31-14-18-20(9-6-10-22(18)30-3)28-23(29)27(2)25-26-28/h4-13H,14H2,1-3H3. The monoisotopic (exact) mass is 420 g/mol. The third kappa shape index (κ3) is 3.92. The topological polar surface area (TPSA) is 71.2 Å². The molecule has 0 saturated heterocycles. The number of ether oxygens (including phenoxy) is 2. The molecular weight excluding hydrogens is 399 g/mol. The van der Waals surface area contributed by atoms with Crippen LogP contribution in [0.4, 0.5) is 4.39 Å². The summed E-state index contributed by atoms with van der Waals surface area (Å²) < 4.78 is 28.0. The zero-order valence-electron chi connectivity index (χ0n) is 17.4. The summed E-state index contributed by atoms with van der Waals surface area (Å²) in [7, 11) is 3.08. The zero-order valence-corrected chi connectivity index (χ0v) is 17.4. The zero-order chi connectivity index (χ0) is 22.0. The highest BCUT2D eigenvalue weighted by atomic mass is 19.1. The predicted molar refractivity (Wildman–Crippen MR) is 114 cm³/mol. The van der Waals surface area contributed by atoms with Crippen molar-refractivity contribution < 1.29 is 13.9 Å². The Morgan fingerprint density at radius 3 is 2.48 bits per heavy atom. The Bertz CT molecular complexity index is 1300. The molecule has 158 valence electrons. The van der Waals surface area contributed by atoms with Gasteiger partial charge in [0.05, 0.1) is 18.4 Å². The summed E-state index contributed by atoms with van der Waals surface area (Å²) in [4.78, 5) is 12.3. The molecule has 4 rings (SSSR count). The molecule has 3 aromatic carbocycles. The van der Waals surface area contributed by atoms with Gasteiger partial charge in [0, 0.05) is 12.6 Å². The van der Waals surface area contributed by atoms with E-state index >= 15 is 0 Å². The highest BCUT2D eigenvalue weighted by Gasteiger charge is 2.16. The fraction of sp³-hybridized carbons (Fsp3) is 0.174. The number of aryl methyl sites for hydroxylation is 2. The molecule has 1 aromatic heterocycles. The van der Waals surface area contributed by atoms with Gasteiger partial charge in [-0.15, -0.1) is 0 Å². The number of rotatable bonds is 6. The van der Waals surface area contributed by atoms with E-state index in [-0.39, 0.29) is 18.1 Å². The molecule has 0 atom stereocenters. The van der Waals surface area contributed by atoms with Gasteiger partial charge in [-0.1, -0.05) is 30.3 Å². The summed E-state index contributed by atoms with van der Waals surface area (Å²) >= 11 is 0. The Morgan fingerprint density at radius 2 is 1.81 bits per heavy atom. The molecule has 0 radical (unpaired) electrons. The maximum atomic E-state index is 14.1. The number of halogens is 1. The van der Waals surface area contributed by atoms with Crippen LogP contribution in [0.3, 0.4) is 0 Å². The van der Waals surface area contributed by atoms with Gasteiger partial charge >= 0.3 is 5.69 Å². The largest absolute Gasteiger partial charge is 0.496 e. The molecule has 7 nitrogen and oxygen atoms in total. The molecule has 0 spiro atoms. The maximum absolute atomic E-state index is 14.1. The van der Waals surface area contributed by atoms with Gasteiger partial charge in [-0.25, -0.2) is 9.18 Å². The van der Waals surface area contributed by atoms with E-state index in [1.165, 1.54) is 17.8 Å². The van der Waals surface area contributed by atoms with Gasteiger partial charge in [0.1, 0.15) is 23.9 Å². The van der Waals surface area contributed by atoms with E-state index in [1.54, 1.807) is 49.6 Å². The van der Waals surface area contributed by atoms with Crippen LogP contribution in [0.25, 0.3) is 16.8 Å². The van der Waals surface area contributed by atoms with E-state index in [2.05, 4.69) is 10.4 Å². The second-order valence-corrected chi connectivity index (χ2v) is 7.00. The highest BCUT2D eigenvalue weighted by molar-refractivity contribution is 5.66. The molecule has 0 fully saturated rings. The van der Waals surface area contributed by atoms with Crippen molar-refractivity contribution >= 4 is 0 Å². The van der Waals surface area contributed by atoms with E-state index < -0.39 is 0 Å². The second kappa shape index (κ2) is 8.43. The molecule has 0 N–H and O–H groups in total. The SMILES string of the molecule is COc1cccc(-n2nnn(C)c2=O)c1COc1ccc(-c2ccccc2F)cc1C. The van der Waals surface area contributed by atoms with Crippen molar-refractivity contribution in [2.24, 2.45) is 7.05 Å². The summed E-state index contributed by atoms with van der Waals surface area (Å²) in [5.41, 5.74) is 2.97. The first-order valence-electron chi connectivity index (χ1n) is 9.63. The average molecular weight is 420 g/mol. The molecule has 4 aromatic rings. The molecule has 0 unspecified atom stereocenters. The lowest BCUT2D eigenvalue weighted by atomic mass is 10.0. The molecule has 0 bridgehead atoms. The van der Waals surface area contributed by atoms with Crippen molar-refractivity contribution in [3.05, 3.63) is 88.1 Å². The highest BCUT2D eigenvalue weighted by Crippen LogP contribution is 2.30. The van der Waals surface area contributed by atoms with Crippen LogP contribution in [-0.2, 0) is 13.7 Å². The Balaban J connectivity index is 1.65. The molecule has 0 aliphatic heterocycles. The minimum absolute atomic E-state index is 0.141. The van der Waals surface area contributed by atoms with Crippen molar-refractivity contribution in [3.8, 4) is 28.3 Å². The summed E-state index contributed by atoms with van der Waals surface area (Å²) in [5, 5.41) is 7.69. The van der Waals surface area contributed by atoms with E-state index in [0.29, 0.717) is 28.3 Å². The van der Waals surface area contributed by atoms with E-state index in [1.807, 2.05) is 19.1 Å². The first-order chi connectivity index (χ1) is 15.0. The number of tetrazole rings is 1. The van der Waals surface area contributed by atoms with Crippen LogP contribution in [0.1, 0.15) is 11.1 Å². The van der Waals surface area contributed by atoms with Gasteiger partial charge in [0.2, 0.25) is 0 Å². The number of hydrogen-bond donors (Lipinski definition) is 0. The van der Waals surface area contributed by atoms with Crippen LogP contribution in [0.15, 0.2) is 65.5 Å². The molecule has 0 aliphatic rings. The number of methoxy groups -OCH3 is 1. The Morgan fingerprint density at radius 1 is 1.00 bits per heavy atom. The minimum atomic E-state index is -0.375. The van der Waals surface area contributed by atoms with E-state index in [0.717, 1.165) is 15.8 Å². The van der Waals surface area contributed by atoms with Crippen molar-refractivity contribution in [2.75, 3.05) is 7.11 Å². The fourth-order valence-electron chi connectivity index (χ4n) is 3.38. The first kappa shape index (κ1) is 20.3. The van der Waals surface area contributed by atoms with Crippen molar-refractivity contribution in [1.82, 2.24) is 19.8 Å². The number of aromatic nitrogens is 4. The first-order valence-corrected chi connectivity index (χ1v) is 9.63. The van der Waals surface area contributed by atoms with Crippen LogP contribution in [0, 0.1) is 12.7 Å². The van der Waals surface area contributed by atoms with Crippen molar-refractivity contribution in [3.63, 3.8) is 0 Å². The smallest absolute Gasteiger partial charge is 0.368 e. The van der Waals surface area contributed by atoms with Crippen LogP contribution in [-0.4, -0.2) is 26.9 Å². The second-order valence-electron chi connectivity index (χ2n) is 7.00. The van der Waals surface area contributed by atoms with Crippen LogP contribution < -0.4 is 15.2 Å². The average Bonchev–Trinajstić information content (AvgIpc) is 3.11. The summed E-state index contributed by atoms with van der Waals surface area (Å²) in [5.74, 6) is 0.933. The summed E-state index contributed by atoms with van der Waals surface area (Å²) in [6, 6.07) is 17.5. The number of hydrogen-bond acceptors (Lipinski definition) is 5. The summed E-state index contributed by atoms with van der Waals surface area (Å²) in [6.45, 7) is 2.04. The van der Waals surface area contributed by atoms with Gasteiger partial charge in [-0.05, 0) is 58.8 Å². The van der Waals surface area contributed by atoms with E-state index in [9.17, 15) is 9.18 Å². The molecular formula is C23H21FN4O3.